The number of morpholine rings is 1. The van der Waals surface area contributed by atoms with Crippen LogP contribution in [0.3, 0.4) is 0 Å². The number of hydrogen-bond donors (Lipinski definition) is 1. The Labute approximate surface area is 169 Å². The van der Waals surface area contributed by atoms with Gasteiger partial charge in [-0.3, -0.25) is 9.69 Å². The summed E-state index contributed by atoms with van der Waals surface area (Å²) in [7, 11) is 0. The van der Waals surface area contributed by atoms with Crippen molar-refractivity contribution in [2.45, 2.75) is 19.1 Å². The van der Waals surface area contributed by atoms with Gasteiger partial charge >= 0.3 is 0 Å². The zero-order valence-corrected chi connectivity index (χ0v) is 17.3. The average Bonchev–Trinajstić information content (AvgIpc) is 3.03. The zero-order valence-electron chi connectivity index (χ0n) is 14.2. The van der Waals surface area contributed by atoms with E-state index in [1.165, 1.54) is 17.4 Å². The number of halogens is 3. The van der Waals surface area contributed by atoms with Gasteiger partial charge in [0.15, 0.2) is 0 Å². The molecule has 1 aromatic heterocycles. The van der Waals surface area contributed by atoms with Crippen molar-refractivity contribution in [1.82, 2.24) is 10.2 Å². The van der Waals surface area contributed by atoms with Gasteiger partial charge in [0.05, 0.1) is 27.4 Å². The predicted octanol–water partition coefficient (Wildman–Crippen LogP) is 4.49. The van der Waals surface area contributed by atoms with E-state index in [4.69, 9.17) is 16.3 Å². The lowest BCUT2D eigenvalue weighted by Gasteiger charge is -2.38. The number of nitrogens with zero attached hydrogens (tertiary/aromatic N) is 1. The molecule has 1 fully saturated rings. The maximum absolute atomic E-state index is 14.5. The van der Waals surface area contributed by atoms with Crippen molar-refractivity contribution in [3.8, 4) is 0 Å². The number of carbonyl (C=O) groups excluding carboxylic acids is 1. The lowest BCUT2D eigenvalue weighted by Crippen LogP contribution is -2.46. The lowest BCUT2D eigenvalue weighted by molar-refractivity contribution is -0.0346. The molecule has 0 spiro atoms. The standard InChI is InChI=1S/C18H19BrClFN2O2S/c1-11-10-23(7-8-25-11)14(17-12(20)3-2-4-13(17)21)9-22-18(24)15-5-6-16(19)26-15/h2-6,11,14H,7-10H2,1H3,(H,22,24). The van der Waals surface area contributed by atoms with Crippen LogP contribution in [0.25, 0.3) is 0 Å². The topological polar surface area (TPSA) is 41.6 Å². The summed E-state index contributed by atoms with van der Waals surface area (Å²) in [5, 5.41) is 3.28. The maximum atomic E-state index is 14.5. The first kappa shape index (κ1) is 19.8. The molecule has 2 heterocycles. The van der Waals surface area contributed by atoms with Gasteiger partial charge < -0.3 is 10.1 Å². The smallest absolute Gasteiger partial charge is 0.261 e. The predicted molar refractivity (Wildman–Crippen MR) is 105 cm³/mol. The van der Waals surface area contributed by atoms with Crippen molar-refractivity contribution in [3.63, 3.8) is 0 Å². The third-order valence-corrected chi connectivity index (χ3v) is 6.25. The fraction of sp³-hybridized carbons (Fsp3) is 0.389. The Morgan fingerprint density at radius 3 is 2.96 bits per heavy atom. The Hall–Kier alpha value is -0.990. The van der Waals surface area contributed by atoms with E-state index >= 15 is 0 Å². The summed E-state index contributed by atoms with van der Waals surface area (Å²) in [5.74, 6) is -0.547. The number of thiophene rings is 1. The molecule has 1 saturated heterocycles. The van der Waals surface area contributed by atoms with Gasteiger partial charge in [-0.2, -0.15) is 0 Å². The second kappa shape index (κ2) is 8.80. The summed E-state index contributed by atoms with van der Waals surface area (Å²) in [5.41, 5.74) is 0.413. The number of carbonyl (C=O) groups is 1. The van der Waals surface area contributed by atoms with Crippen molar-refractivity contribution in [1.29, 1.82) is 0 Å². The SMILES string of the molecule is CC1CN(C(CNC(=O)c2ccc(Br)s2)c2c(F)cccc2Cl)CCO1. The van der Waals surface area contributed by atoms with E-state index in [1.807, 2.05) is 13.0 Å². The minimum absolute atomic E-state index is 0.0424. The maximum Gasteiger partial charge on any atom is 0.261 e. The van der Waals surface area contributed by atoms with Crippen LogP contribution in [-0.2, 0) is 4.74 Å². The molecule has 2 aromatic rings. The monoisotopic (exact) mass is 460 g/mol. The molecule has 26 heavy (non-hydrogen) atoms. The molecule has 8 heteroatoms. The van der Waals surface area contributed by atoms with Crippen LogP contribution < -0.4 is 5.32 Å². The van der Waals surface area contributed by atoms with Crippen LogP contribution >= 0.6 is 38.9 Å². The van der Waals surface area contributed by atoms with Crippen molar-refractivity contribution in [3.05, 3.63) is 55.4 Å². The summed E-state index contributed by atoms with van der Waals surface area (Å²) in [6.07, 6.45) is 0.0424. The number of benzene rings is 1. The molecule has 1 aliphatic heterocycles. The van der Waals surface area contributed by atoms with Crippen LogP contribution in [0, 0.1) is 5.82 Å². The highest BCUT2D eigenvalue weighted by Crippen LogP contribution is 2.31. The highest BCUT2D eigenvalue weighted by atomic mass is 79.9. The second-order valence-corrected chi connectivity index (χ2v) is 9.01. The van der Waals surface area contributed by atoms with Crippen molar-refractivity contribution >= 4 is 44.8 Å². The number of amides is 1. The quantitative estimate of drug-likeness (QED) is 0.713. The van der Waals surface area contributed by atoms with E-state index in [0.717, 1.165) is 3.79 Å². The minimum Gasteiger partial charge on any atom is -0.376 e. The van der Waals surface area contributed by atoms with Gasteiger partial charge in [0.2, 0.25) is 0 Å². The first-order chi connectivity index (χ1) is 12.5. The number of nitrogens with one attached hydrogen (secondary N) is 1. The van der Waals surface area contributed by atoms with E-state index in [-0.39, 0.29) is 30.4 Å². The van der Waals surface area contributed by atoms with E-state index in [9.17, 15) is 9.18 Å². The molecule has 2 unspecified atom stereocenters. The van der Waals surface area contributed by atoms with Crippen LogP contribution in [0.5, 0.6) is 0 Å². The highest BCUT2D eigenvalue weighted by molar-refractivity contribution is 9.11. The average molecular weight is 462 g/mol. The van der Waals surface area contributed by atoms with Gasteiger partial charge in [0.1, 0.15) is 5.82 Å². The molecule has 0 bridgehead atoms. The van der Waals surface area contributed by atoms with Crippen molar-refractivity contribution in [2.24, 2.45) is 0 Å². The fourth-order valence-corrected chi connectivity index (χ4v) is 4.68. The Balaban J connectivity index is 1.82. The van der Waals surface area contributed by atoms with Gasteiger partial charge in [-0.15, -0.1) is 11.3 Å². The van der Waals surface area contributed by atoms with Crippen LogP contribution in [0.4, 0.5) is 4.39 Å². The summed E-state index contributed by atoms with van der Waals surface area (Å²) < 4.78 is 21.0. The number of hydrogen-bond acceptors (Lipinski definition) is 4. The molecule has 140 valence electrons. The van der Waals surface area contributed by atoms with Crippen LogP contribution in [0.2, 0.25) is 5.02 Å². The molecule has 1 N–H and O–H groups in total. The summed E-state index contributed by atoms with van der Waals surface area (Å²) >= 11 is 11.0. The minimum atomic E-state index is -0.366. The first-order valence-electron chi connectivity index (χ1n) is 8.29. The molecule has 1 amide bonds. The van der Waals surface area contributed by atoms with Crippen molar-refractivity contribution in [2.75, 3.05) is 26.2 Å². The summed E-state index contributed by atoms with van der Waals surface area (Å²) in [4.78, 5) is 15.1. The molecular formula is C18H19BrClFN2O2S. The van der Waals surface area contributed by atoms with Gasteiger partial charge in [-0.05, 0) is 47.1 Å². The molecular weight excluding hydrogens is 443 g/mol. The summed E-state index contributed by atoms with van der Waals surface area (Å²) in [6, 6.07) is 7.88. The Morgan fingerprint density at radius 1 is 1.50 bits per heavy atom. The van der Waals surface area contributed by atoms with E-state index in [1.54, 1.807) is 18.2 Å². The van der Waals surface area contributed by atoms with E-state index in [0.29, 0.717) is 35.2 Å². The van der Waals surface area contributed by atoms with Crippen LogP contribution in [-0.4, -0.2) is 43.2 Å². The highest BCUT2D eigenvalue weighted by Gasteiger charge is 2.29. The Morgan fingerprint density at radius 2 is 2.31 bits per heavy atom. The molecule has 1 aliphatic rings. The first-order valence-corrected chi connectivity index (χ1v) is 10.3. The number of ether oxygens (including phenoxy) is 1. The molecule has 2 atom stereocenters. The van der Waals surface area contributed by atoms with Crippen LogP contribution in [0.15, 0.2) is 34.1 Å². The fourth-order valence-electron chi connectivity index (χ4n) is 3.08. The lowest BCUT2D eigenvalue weighted by atomic mass is 10.0. The third kappa shape index (κ3) is 4.64. The second-order valence-electron chi connectivity index (χ2n) is 6.14. The van der Waals surface area contributed by atoms with Gasteiger partial charge in [0.25, 0.3) is 5.91 Å². The van der Waals surface area contributed by atoms with Crippen molar-refractivity contribution < 1.29 is 13.9 Å². The summed E-state index contributed by atoms with van der Waals surface area (Å²) in [6.45, 7) is 4.11. The Kier molecular flexibility index (Phi) is 6.69. The molecule has 0 aliphatic carbocycles. The molecule has 0 saturated carbocycles. The van der Waals surface area contributed by atoms with Gasteiger partial charge in [-0.25, -0.2) is 4.39 Å². The van der Waals surface area contributed by atoms with Crippen LogP contribution in [0.1, 0.15) is 28.2 Å². The third-order valence-electron chi connectivity index (χ3n) is 4.30. The van der Waals surface area contributed by atoms with Gasteiger partial charge in [0, 0.05) is 30.2 Å². The Bertz CT molecular complexity index is 768. The zero-order chi connectivity index (χ0) is 18.7. The molecule has 0 radical (unpaired) electrons. The molecule has 4 nitrogen and oxygen atoms in total. The number of rotatable bonds is 5. The van der Waals surface area contributed by atoms with E-state index < -0.39 is 0 Å². The molecule has 3 rings (SSSR count). The molecule has 1 aromatic carbocycles. The largest absolute Gasteiger partial charge is 0.376 e. The van der Waals surface area contributed by atoms with E-state index in [2.05, 4.69) is 26.1 Å². The normalized spacial score (nSPS) is 19.3. The van der Waals surface area contributed by atoms with Gasteiger partial charge in [-0.1, -0.05) is 17.7 Å².